The highest BCUT2D eigenvalue weighted by Crippen LogP contribution is 2.27. The molecular formula is C18H17NO4. The molecule has 0 bridgehead atoms. The summed E-state index contributed by atoms with van der Waals surface area (Å²) in [6, 6.07) is 12.2. The van der Waals surface area contributed by atoms with Gasteiger partial charge in [0.15, 0.2) is 0 Å². The van der Waals surface area contributed by atoms with Crippen molar-refractivity contribution < 1.29 is 19.4 Å². The first-order valence-corrected chi connectivity index (χ1v) is 7.40. The Hall–Kier alpha value is -2.82. The molecule has 1 amide bonds. The Labute approximate surface area is 133 Å². The van der Waals surface area contributed by atoms with Crippen LogP contribution in [0.1, 0.15) is 33.6 Å². The molecule has 0 aromatic heterocycles. The number of hydrogen-bond donors (Lipinski definition) is 2. The number of benzene rings is 2. The SMILES string of the molecule is COc1cc(C(=O)O)cc(-c2cccc(C(=O)NC3CC3)c2)c1. The van der Waals surface area contributed by atoms with Crippen LogP contribution in [0.15, 0.2) is 42.5 Å². The second-order valence-corrected chi connectivity index (χ2v) is 5.58. The molecular weight excluding hydrogens is 294 g/mol. The van der Waals surface area contributed by atoms with Crippen LogP contribution in [0.2, 0.25) is 0 Å². The Morgan fingerprint density at radius 1 is 1.09 bits per heavy atom. The molecule has 0 radical (unpaired) electrons. The van der Waals surface area contributed by atoms with Gasteiger partial charge in [-0.2, -0.15) is 0 Å². The number of carboxylic acid groups (broad SMARTS) is 1. The Balaban J connectivity index is 1.95. The van der Waals surface area contributed by atoms with Crippen molar-refractivity contribution in [1.82, 2.24) is 5.32 Å². The Morgan fingerprint density at radius 3 is 2.48 bits per heavy atom. The van der Waals surface area contributed by atoms with E-state index in [4.69, 9.17) is 4.74 Å². The lowest BCUT2D eigenvalue weighted by atomic mass is 10.0. The molecule has 1 saturated carbocycles. The third-order valence-electron chi connectivity index (χ3n) is 3.76. The second kappa shape index (κ2) is 6.12. The van der Waals surface area contributed by atoms with Crippen LogP contribution in [-0.2, 0) is 0 Å². The second-order valence-electron chi connectivity index (χ2n) is 5.58. The number of nitrogens with one attached hydrogen (secondary N) is 1. The van der Waals surface area contributed by atoms with E-state index in [-0.39, 0.29) is 11.5 Å². The summed E-state index contributed by atoms with van der Waals surface area (Å²) in [5.41, 5.74) is 2.18. The highest BCUT2D eigenvalue weighted by Gasteiger charge is 2.23. The maximum absolute atomic E-state index is 12.1. The van der Waals surface area contributed by atoms with Crippen molar-refractivity contribution in [3.8, 4) is 16.9 Å². The van der Waals surface area contributed by atoms with Gasteiger partial charge in [0, 0.05) is 11.6 Å². The van der Waals surface area contributed by atoms with Gasteiger partial charge in [-0.05, 0) is 54.3 Å². The topological polar surface area (TPSA) is 75.6 Å². The molecule has 5 heteroatoms. The van der Waals surface area contributed by atoms with Crippen LogP contribution in [0.4, 0.5) is 0 Å². The molecule has 0 saturated heterocycles. The zero-order valence-electron chi connectivity index (χ0n) is 12.7. The summed E-state index contributed by atoms with van der Waals surface area (Å²) in [4.78, 5) is 23.4. The van der Waals surface area contributed by atoms with E-state index in [0.29, 0.717) is 22.9 Å². The number of aromatic carboxylic acids is 1. The van der Waals surface area contributed by atoms with Crippen molar-refractivity contribution in [3.05, 3.63) is 53.6 Å². The highest BCUT2D eigenvalue weighted by atomic mass is 16.5. The maximum Gasteiger partial charge on any atom is 0.335 e. The molecule has 118 valence electrons. The molecule has 2 aromatic carbocycles. The molecule has 1 aliphatic rings. The first-order valence-electron chi connectivity index (χ1n) is 7.40. The molecule has 1 aliphatic carbocycles. The fourth-order valence-corrected chi connectivity index (χ4v) is 2.34. The van der Waals surface area contributed by atoms with Crippen LogP contribution in [0.3, 0.4) is 0 Å². The number of carbonyl (C=O) groups is 2. The van der Waals surface area contributed by atoms with E-state index in [1.54, 1.807) is 30.3 Å². The molecule has 2 N–H and O–H groups in total. The summed E-state index contributed by atoms with van der Waals surface area (Å²) < 4.78 is 5.16. The van der Waals surface area contributed by atoms with E-state index in [1.807, 2.05) is 6.07 Å². The van der Waals surface area contributed by atoms with Crippen LogP contribution in [0.5, 0.6) is 5.75 Å². The summed E-state index contributed by atoms with van der Waals surface area (Å²) >= 11 is 0. The van der Waals surface area contributed by atoms with Crippen LogP contribution < -0.4 is 10.1 Å². The molecule has 0 aliphatic heterocycles. The number of carbonyl (C=O) groups excluding carboxylic acids is 1. The van der Waals surface area contributed by atoms with Crippen LogP contribution in [0, 0.1) is 0 Å². The average molecular weight is 311 g/mol. The Bertz CT molecular complexity index is 765. The van der Waals surface area contributed by atoms with Gasteiger partial charge in [0.2, 0.25) is 0 Å². The number of carboxylic acids is 1. The van der Waals surface area contributed by atoms with E-state index in [1.165, 1.54) is 13.2 Å². The molecule has 23 heavy (non-hydrogen) atoms. The Morgan fingerprint density at radius 2 is 1.83 bits per heavy atom. The molecule has 1 fully saturated rings. The minimum absolute atomic E-state index is 0.101. The number of rotatable bonds is 5. The molecule has 0 spiro atoms. The lowest BCUT2D eigenvalue weighted by molar-refractivity contribution is 0.0696. The zero-order valence-corrected chi connectivity index (χ0v) is 12.7. The zero-order chi connectivity index (χ0) is 16.4. The number of methoxy groups -OCH3 is 1. The molecule has 0 unspecified atom stereocenters. The van der Waals surface area contributed by atoms with E-state index < -0.39 is 5.97 Å². The fourth-order valence-electron chi connectivity index (χ4n) is 2.34. The predicted octanol–water partition coefficient (Wildman–Crippen LogP) is 2.95. The standard InChI is InChI=1S/C18H17NO4/c1-23-16-9-13(8-14(10-16)18(21)22)11-3-2-4-12(7-11)17(20)19-15-5-6-15/h2-4,7-10,15H,5-6H2,1H3,(H,19,20)(H,21,22). The van der Waals surface area contributed by atoms with Crippen molar-refractivity contribution in [2.75, 3.05) is 7.11 Å². The Kier molecular flexibility index (Phi) is 4.02. The van der Waals surface area contributed by atoms with E-state index in [0.717, 1.165) is 18.4 Å². The lowest BCUT2D eigenvalue weighted by Crippen LogP contribution is -2.25. The summed E-state index contributed by atoms with van der Waals surface area (Å²) in [7, 11) is 1.49. The van der Waals surface area contributed by atoms with Gasteiger partial charge in [0.05, 0.1) is 12.7 Å². The highest BCUT2D eigenvalue weighted by molar-refractivity contribution is 5.96. The van der Waals surface area contributed by atoms with Crippen molar-refractivity contribution in [1.29, 1.82) is 0 Å². The number of hydrogen-bond acceptors (Lipinski definition) is 3. The van der Waals surface area contributed by atoms with Gasteiger partial charge in [0.1, 0.15) is 5.75 Å². The monoisotopic (exact) mass is 311 g/mol. The van der Waals surface area contributed by atoms with Crippen molar-refractivity contribution in [3.63, 3.8) is 0 Å². The van der Waals surface area contributed by atoms with Crippen LogP contribution >= 0.6 is 0 Å². The average Bonchev–Trinajstić information content (AvgIpc) is 3.38. The van der Waals surface area contributed by atoms with Gasteiger partial charge in [0.25, 0.3) is 5.91 Å². The van der Waals surface area contributed by atoms with E-state index in [9.17, 15) is 14.7 Å². The third kappa shape index (κ3) is 3.51. The molecule has 2 aromatic rings. The summed E-state index contributed by atoms with van der Waals surface area (Å²) in [6.07, 6.45) is 2.06. The molecule has 5 nitrogen and oxygen atoms in total. The lowest BCUT2D eigenvalue weighted by Gasteiger charge is -2.09. The van der Waals surface area contributed by atoms with E-state index in [2.05, 4.69) is 5.32 Å². The van der Waals surface area contributed by atoms with Gasteiger partial charge in [-0.1, -0.05) is 12.1 Å². The fraction of sp³-hybridized carbons (Fsp3) is 0.222. The minimum atomic E-state index is -1.02. The summed E-state index contributed by atoms with van der Waals surface area (Å²) in [5.74, 6) is -0.656. The van der Waals surface area contributed by atoms with Crippen molar-refractivity contribution >= 4 is 11.9 Å². The van der Waals surface area contributed by atoms with Gasteiger partial charge >= 0.3 is 5.97 Å². The summed E-state index contributed by atoms with van der Waals surface area (Å²) in [6.45, 7) is 0. The van der Waals surface area contributed by atoms with Crippen molar-refractivity contribution in [2.45, 2.75) is 18.9 Å². The number of ether oxygens (including phenoxy) is 1. The first-order chi connectivity index (χ1) is 11.1. The molecule has 3 rings (SSSR count). The normalized spacial score (nSPS) is 13.4. The molecule has 0 heterocycles. The first kappa shape index (κ1) is 15.1. The third-order valence-corrected chi connectivity index (χ3v) is 3.76. The smallest absolute Gasteiger partial charge is 0.335 e. The van der Waals surface area contributed by atoms with Crippen LogP contribution in [0.25, 0.3) is 11.1 Å². The van der Waals surface area contributed by atoms with Gasteiger partial charge < -0.3 is 15.2 Å². The predicted molar refractivity (Wildman–Crippen MR) is 85.9 cm³/mol. The van der Waals surface area contributed by atoms with Gasteiger partial charge in [-0.15, -0.1) is 0 Å². The minimum Gasteiger partial charge on any atom is -0.497 e. The van der Waals surface area contributed by atoms with E-state index >= 15 is 0 Å². The molecule has 0 atom stereocenters. The summed E-state index contributed by atoms with van der Waals surface area (Å²) in [5, 5.41) is 12.1. The number of amides is 1. The van der Waals surface area contributed by atoms with Crippen LogP contribution in [-0.4, -0.2) is 30.1 Å². The quantitative estimate of drug-likeness (QED) is 0.890. The largest absolute Gasteiger partial charge is 0.497 e. The van der Waals surface area contributed by atoms with Gasteiger partial charge in [-0.3, -0.25) is 4.79 Å². The van der Waals surface area contributed by atoms with Gasteiger partial charge in [-0.25, -0.2) is 4.79 Å². The van der Waals surface area contributed by atoms with Crippen molar-refractivity contribution in [2.24, 2.45) is 0 Å². The maximum atomic E-state index is 12.1.